The van der Waals surface area contributed by atoms with Gasteiger partial charge in [-0.25, -0.2) is 4.98 Å². The molecule has 104 valence electrons. The second kappa shape index (κ2) is 4.35. The van der Waals surface area contributed by atoms with E-state index in [0.29, 0.717) is 35.5 Å². The first-order chi connectivity index (χ1) is 9.81. The van der Waals surface area contributed by atoms with Crippen LogP contribution < -0.4 is 9.64 Å². The van der Waals surface area contributed by atoms with Crippen LogP contribution in [0, 0.1) is 23.2 Å². The van der Waals surface area contributed by atoms with E-state index in [1.807, 2.05) is 6.07 Å². The predicted octanol–water partition coefficient (Wildman–Crippen LogP) is 1.58. The van der Waals surface area contributed by atoms with Gasteiger partial charge in [0.1, 0.15) is 11.6 Å². The molecule has 1 aromatic heterocycles. The van der Waals surface area contributed by atoms with Gasteiger partial charge in [-0.1, -0.05) is 0 Å². The molecule has 0 radical (unpaired) electrons. The number of methoxy groups -OCH3 is 1. The highest BCUT2D eigenvalue weighted by Crippen LogP contribution is 2.48. The lowest BCUT2D eigenvalue weighted by atomic mass is 9.82. The van der Waals surface area contributed by atoms with Gasteiger partial charge in [0.05, 0.1) is 25.0 Å². The summed E-state index contributed by atoms with van der Waals surface area (Å²) in [5, 5.41) is 9.39. The van der Waals surface area contributed by atoms with Gasteiger partial charge in [0.2, 0.25) is 5.88 Å². The Morgan fingerprint density at radius 3 is 2.65 bits per heavy atom. The van der Waals surface area contributed by atoms with Crippen molar-refractivity contribution in [1.82, 2.24) is 4.98 Å². The molecule has 4 rings (SSSR count). The van der Waals surface area contributed by atoms with Gasteiger partial charge in [-0.2, -0.15) is 5.26 Å². The third-order valence-electron chi connectivity index (χ3n) is 4.99. The Morgan fingerprint density at radius 1 is 1.35 bits per heavy atom. The van der Waals surface area contributed by atoms with Crippen molar-refractivity contribution in [2.45, 2.75) is 25.0 Å². The SMILES string of the molecule is COc1nccc(N2C[C@@H]3[C@H](C2)[C@H]2CC[C@@H]3O2)c1C#N. The van der Waals surface area contributed by atoms with E-state index in [0.717, 1.165) is 18.8 Å². The maximum atomic E-state index is 9.39. The molecule has 4 heterocycles. The highest BCUT2D eigenvalue weighted by molar-refractivity contribution is 5.63. The van der Waals surface area contributed by atoms with Crippen molar-refractivity contribution in [3.63, 3.8) is 0 Å². The molecule has 0 amide bonds. The summed E-state index contributed by atoms with van der Waals surface area (Å²) in [4.78, 5) is 6.43. The molecule has 0 unspecified atom stereocenters. The maximum Gasteiger partial charge on any atom is 0.233 e. The monoisotopic (exact) mass is 271 g/mol. The van der Waals surface area contributed by atoms with Crippen LogP contribution in [0.3, 0.4) is 0 Å². The molecule has 5 heteroatoms. The minimum absolute atomic E-state index is 0.418. The molecule has 1 aromatic rings. The van der Waals surface area contributed by atoms with E-state index in [1.165, 1.54) is 12.8 Å². The number of aromatic nitrogens is 1. The number of nitriles is 1. The van der Waals surface area contributed by atoms with E-state index in [4.69, 9.17) is 9.47 Å². The summed E-state index contributed by atoms with van der Waals surface area (Å²) in [5.74, 6) is 1.67. The zero-order chi connectivity index (χ0) is 13.7. The number of nitrogens with zero attached hydrogens (tertiary/aromatic N) is 3. The molecule has 20 heavy (non-hydrogen) atoms. The summed E-state index contributed by atoms with van der Waals surface area (Å²) >= 11 is 0. The van der Waals surface area contributed by atoms with Gasteiger partial charge < -0.3 is 14.4 Å². The van der Waals surface area contributed by atoms with Crippen LogP contribution in [-0.2, 0) is 4.74 Å². The molecule has 5 nitrogen and oxygen atoms in total. The molecule has 0 aromatic carbocycles. The Hall–Kier alpha value is -1.80. The van der Waals surface area contributed by atoms with Gasteiger partial charge in [0.15, 0.2) is 0 Å². The van der Waals surface area contributed by atoms with E-state index in [1.54, 1.807) is 13.3 Å². The van der Waals surface area contributed by atoms with Crippen molar-refractivity contribution < 1.29 is 9.47 Å². The molecule has 3 saturated heterocycles. The Kier molecular flexibility index (Phi) is 2.61. The number of ether oxygens (including phenoxy) is 2. The van der Waals surface area contributed by atoms with Crippen molar-refractivity contribution in [3.8, 4) is 11.9 Å². The van der Waals surface area contributed by atoms with E-state index in [2.05, 4.69) is 16.0 Å². The van der Waals surface area contributed by atoms with Crippen LogP contribution in [0.25, 0.3) is 0 Å². The van der Waals surface area contributed by atoms with Crippen molar-refractivity contribution in [3.05, 3.63) is 17.8 Å². The molecule has 2 bridgehead atoms. The molecule has 3 fully saturated rings. The quantitative estimate of drug-likeness (QED) is 0.817. The fraction of sp³-hybridized carbons (Fsp3) is 0.600. The summed E-state index contributed by atoms with van der Waals surface area (Å²) < 4.78 is 11.2. The molecule has 0 saturated carbocycles. The first-order valence-electron chi connectivity index (χ1n) is 7.15. The minimum Gasteiger partial charge on any atom is -0.480 e. The number of hydrogen-bond donors (Lipinski definition) is 0. The largest absolute Gasteiger partial charge is 0.480 e. The zero-order valence-electron chi connectivity index (χ0n) is 11.5. The molecular weight excluding hydrogens is 254 g/mol. The van der Waals surface area contributed by atoms with Crippen molar-refractivity contribution >= 4 is 5.69 Å². The zero-order valence-corrected chi connectivity index (χ0v) is 11.5. The first-order valence-corrected chi connectivity index (χ1v) is 7.15. The van der Waals surface area contributed by atoms with Gasteiger partial charge in [0.25, 0.3) is 0 Å². The molecule has 0 spiro atoms. The Bertz CT molecular complexity index is 565. The van der Waals surface area contributed by atoms with Crippen molar-refractivity contribution in [1.29, 1.82) is 5.26 Å². The molecule has 0 aliphatic carbocycles. The van der Waals surface area contributed by atoms with Crippen LogP contribution in [-0.4, -0.2) is 37.4 Å². The van der Waals surface area contributed by atoms with Crippen LogP contribution >= 0.6 is 0 Å². The smallest absolute Gasteiger partial charge is 0.233 e. The Balaban J connectivity index is 1.66. The summed E-state index contributed by atoms with van der Waals surface area (Å²) in [6, 6.07) is 4.16. The number of pyridine rings is 1. The van der Waals surface area contributed by atoms with Crippen LogP contribution in [0.4, 0.5) is 5.69 Å². The molecule has 3 aliphatic rings. The predicted molar refractivity (Wildman–Crippen MR) is 72.6 cm³/mol. The third-order valence-corrected chi connectivity index (χ3v) is 4.99. The molecule has 0 N–H and O–H groups in total. The van der Waals surface area contributed by atoms with Crippen LogP contribution in [0.2, 0.25) is 0 Å². The second-order valence-corrected chi connectivity index (χ2v) is 5.85. The van der Waals surface area contributed by atoms with Gasteiger partial charge >= 0.3 is 0 Å². The van der Waals surface area contributed by atoms with Crippen molar-refractivity contribution in [2.24, 2.45) is 11.8 Å². The first kappa shape index (κ1) is 12.0. The lowest BCUT2D eigenvalue weighted by Gasteiger charge is -2.22. The van der Waals surface area contributed by atoms with Crippen LogP contribution in [0.5, 0.6) is 5.88 Å². The lowest BCUT2D eigenvalue weighted by molar-refractivity contribution is 0.0850. The fourth-order valence-corrected chi connectivity index (χ4v) is 4.11. The highest BCUT2D eigenvalue weighted by Gasteiger charge is 2.53. The van der Waals surface area contributed by atoms with Crippen LogP contribution in [0.15, 0.2) is 12.3 Å². The minimum atomic E-state index is 0.418. The number of fused-ring (bicyclic) bond motifs is 5. The summed E-state index contributed by atoms with van der Waals surface area (Å²) in [6.45, 7) is 1.96. The van der Waals surface area contributed by atoms with Gasteiger partial charge in [0, 0.05) is 31.1 Å². The molecule has 4 atom stereocenters. The van der Waals surface area contributed by atoms with Gasteiger partial charge in [-0.05, 0) is 18.9 Å². The molecule has 3 aliphatic heterocycles. The van der Waals surface area contributed by atoms with Crippen LogP contribution in [0.1, 0.15) is 18.4 Å². The van der Waals surface area contributed by atoms with E-state index in [9.17, 15) is 5.26 Å². The average molecular weight is 271 g/mol. The number of anilines is 1. The maximum absolute atomic E-state index is 9.39. The van der Waals surface area contributed by atoms with Crippen molar-refractivity contribution in [2.75, 3.05) is 25.1 Å². The highest BCUT2D eigenvalue weighted by atomic mass is 16.5. The standard InChI is InChI=1S/C15H17N3O2/c1-19-15-9(6-16)12(4-5-17-15)18-7-10-11(8-18)14-3-2-13(10)20-14/h4-5,10-11,13-14H,2-3,7-8H2,1H3/t10-,11+,13+,14-. The summed E-state index contributed by atoms with van der Waals surface area (Å²) in [5.41, 5.74) is 1.50. The van der Waals surface area contributed by atoms with E-state index < -0.39 is 0 Å². The normalized spacial score (nSPS) is 34.1. The third kappa shape index (κ3) is 1.55. The molecular formula is C15H17N3O2. The fourth-order valence-electron chi connectivity index (χ4n) is 4.11. The van der Waals surface area contributed by atoms with E-state index in [-0.39, 0.29) is 0 Å². The topological polar surface area (TPSA) is 58.4 Å². The van der Waals surface area contributed by atoms with Gasteiger partial charge in [-0.15, -0.1) is 0 Å². The number of rotatable bonds is 2. The number of hydrogen-bond acceptors (Lipinski definition) is 5. The Labute approximate surface area is 118 Å². The lowest BCUT2D eigenvalue weighted by Crippen LogP contribution is -2.25. The average Bonchev–Trinajstić information content (AvgIpc) is 3.18. The van der Waals surface area contributed by atoms with Gasteiger partial charge in [-0.3, -0.25) is 0 Å². The van der Waals surface area contributed by atoms with E-state index >= 15 is 0 Å². The Morgan fingerprint density at radius 2 is 2.05 bits per heavy atom. The summed E-state index contributed by atoms with van der Waals surface area (Å²) in [6.07, 6.45) is 4.98. The summed E-state index contributed by atoms with van der Waals surface area (Å²) in [7, 11) is 1.56. The second-order valence-electron chi connectivity index (χ2n) is 5.85.